The maximum atomic E-state index is 14.5. The molecule has 14 heteroatoms. The molecule has 1 saturated heterocycles. The van der Waals surface area contributed by atoms with Gasteiger partial charge in [-0.1, -0.05) is 109 Å². The Balaban J connectivity index is 1.32. The molecule has 1 saturated carbocycles. The first-order chi connectivity index (χ1) is 29.5. The Morgan fingerprint density at radius 1 is 0.887 bits per heavy atom. The Morgan fingerprint density at radius 2 is 1.55 bits per heavy atom. The molecule has 5 rings (SSSR count). The molecule has 3 aliphatic rings. The van der Waals surface area contributed by atoms with Crippen molar-refractivity contribution in [1.82, 2.24) is 30.8 Å². The lowest BCUT2D eigenvalue weighted by atomic mass is 9.87. The summed E-state index contributed by atoms with van der Waals surface area (Å²) in [6, 6.07) is 15.7. The molecule has 2 heterocycles. The quantitative estimate of drug-likeness (QED) is 0.169. The first-order valence-corrected chi connectivity index (χ1v) is 22.5. The smallest absolute Gasteiger partial charge is 0.272 e. The van der Waals surface area contributed by atoms with E-state index in [9.17, 15) is 24.0 Å². The number of nitrogens with zero attached hydrogens (tertiary/aromatic N) is 3. The minimum atomic E-state index is -1.20. The summed E-state index contributed by atoms with van der Waals surface area (Å²) in [6.07, 6.45) is 1.36. The van der Waals surface area contributed by atoms with E-state index < -0.39 is 47.7 Å². The number of nitrogens with one attached hydrogen (secondary N) is 3. The molecule has 0 bridgehead atoms. The van der Waals surface area contributed by atoms with Crippen molar-refractivity contribution in [3.63, 3.8) is 0 Å². The number of fused-ring (bicyclic) bond motifs is 1. The number of imide groups is 1. The van der Waals surface area contributed by atoms with Crippen LogP contribution in [0.4, 0.5) is 0 Å². The Kier molecular flexibility index (Phi) is 16.9. The average molecular weight is 861 g/mol. The number of rotatable bonds is 20. The monoisotopic (exact) mass is 861 g/mol. The molecule has 342 valence electrons. The second kappa shape index (κ2) is 21.4. The predicted molar refractivity (Wildman–Crippen MR) is 237 cm³/mol. The summed E-state index contributed by atoms with van der Waals surface area (Å²) in [5.74, 6) is -2.64. The van der Waals surface area contributed by atoms with E-state index in [4.69, 9.17) is 14.3 Å². The lowest BCUT2D eigenvalue weighted by Crippen LogP contribution is -2.60. The Labute approximate surface area is 369 Å². The molecule has 2 aliphatic heterocycles. The normalized spacial score (nSPS) is 23.3. The summed E-state index contributed by atoms with van der Waals surface area (Å²) in [5.41, 5.74) is 1.78. The fourth-order valence-corrected chi connectivity index (χ4v) is 10.0. The van der Waals surface area contributed by atoms with Crippen LogP contribution >= 0.6 is 0 Å². The van der Waals surface area contributed by atoms with Crippen molar-refractivity contribution >= 4 is 29.5 Å². The van der Waals surface area contributed by atoms with Crippen LogP contribution in [0, 0.1) is 23.7 Å². The first kappa shape index (κ1) is 48.8. The molecule has 0 aromatic heterocycles. The summed E-state index contributed by atoms with van der Waals surface area (Å²) in [6.45, 7) is 14.7. The van der Waals surface area contributed by atoms with Gasteiger partial charge in [0.2, 0.25) is 23.6 Å². The number of ether oxygens (including phenoxy) is 2. The summed E-state index contributed by atoms with van der Waals surface area (Å²) >= 11 is 0. The van der Waals surface area contributed by atoms with Crippen LogP contribution < -0.4 is 16.0 Å². The van der Waals surface area contributed by atoms with Gasteiger partial charge >= 0.3 is 0 Å². The minimum absolute atomic E-state index is 0.0193. The van der Waals surface area contributed by atoms with Crippen molar-refractivity contribution in [3.8, 4) is 0 Å². The van der Waals surface area contributed by atoms with Crippen molar-refractivity contribution < 1.29 is 38.3 Å². The summed E-state index contributed by atoms with van der Waals surface area (Å²) in [4.78, 5) is 80.2. The molecule has 2 aromatic carbocycles. The minimum Gasteiger partial charge on any atom is -0.379 e. The number of likely N-dealkylation sites (N-methyl/N-ethyl adjacent to an activating group) is 2. The van der Waals surface area contributed by atoms with Gasteiger partial charge in [-0.3, -0.25) is 39.0 Å². The Morgan fingerprint density at radius 3 is 2.15 bits per heavy atom. The van der Waals surface area contributed by atoms with Gasteiger partial charge in [-0.2, -0.15) is 0 Å². The van der Waals surface area contributed by atoms with E-state index in [2.05, 4.69) is 29.8 Å². The summed E-state index contributed by atoms with van der Waals surface area (Å²) < 4.78 is 12.2. The average Bonchev–Trinajstić information content (AvgIpc) is 3.77. The Hall–Kier alpha value is -4.21. The van der Waals surface area contributed by atoms with Crippen LogP contribution in [0.3, 0.4) is 0 Å². The van der Waals surface area contributed by atoms with Gasteiger partial charge in [0.25, 0.3) is 5.91 Å². The van der Waals surface area contributed by atoms with Gasteiger partial charge in [0, 0.05) is 32.7 Å². The highest BCUT2D eigenvalue weighted by Gasteiger charge is 2.64. The molecular formula is C48H72N6O8. The van der Waals surface area contributed by atoms with Crippen LogP contribution in [0.5, 0.6) is 0 Å². The highest BCUT2D eigenvalue weighted by atomic mass is 16.7. The van der Waals surface area contributed by atoms with Gasteiger partial charge in [-0.05, 0) is 67.8 Å². The number of likely N-dealkylation sites (tertiary alicyclic amines) is 1. The predicted octanol–water partition coefficient (Wildman–Crippen LogP) is 4.81. The molecule has 2 fully saturated rings. The van der Waals surface area contributed by atoms with E-state index in [1.54, 1.807) is 28.2 Å². The van der Waals surface area contributed by atoms with E-state index >= 15 is 0 Å². The van der Waals surface area contributed by atoms with Crippen molar-refractivity contribution in [2.75, 3.05) is 34.9 Å². The number of methoxy groups -OCH3 is 2. The van der Waals surface area contributed by atoms with Gasteiger partial charge in [0.05, 0.1) is 49.2 Å². The third-order valence-electron chi connectivity index (χ3n) is 13.7. The van der Waals surface area contributed by atoms with Crippen molar-refractivity contribution in [2.24, 2.45) is 23.7 Å². The fourth-order valence-electron chi connectivity index (χ4n) is 10.0. The summed E-state index contributed by atoms with van der Waals surface area (Å²) in [5, 5.41) is 10.2. The van der Waals surface area contributed by atoms with Crippen LogP contribution in [0.25, 0.3) is 0 Å². The molecule has 3 N–H and O–H groups in total. The lowest BCUT2D eigenvalue weighted by molar-refractivity contribution is -0.204. The van der Waals surface area contributed by atoms with E-state index in [-0.39, 0.29) is 72.9 Å². The highest BCUT2D eigenvalue weighted by molar-refractivity contribution is 6.00. The summed E-state index contributed by atoms with van der Waals surface area (Å²) in [7, 11) is 6.73. The number of carbonyl (C=O) groups excluding carboxylic acids is 5. The zero-order valence-electron chi connectivity index (χ0n) is 38.8. The van der Waals surface area contributed by atoms with Crippen LogP contribution in [0.2, 0.25) is 0 Å². The molecule has 14 nitrogen and oxygen atoms in total. The van der Waals surface area contributed by atoms with Crippen molar-refractivity contribution in [1.29, 1.82) is 0 Å². The zero-order valence-corrected chi connectivity index (χ0v) is 38.8. The van der Waals surface area contributed by atoms with Gasteiger partial charge in [-0.25, -0.2) is 5.06 Å². The number of hydroxylamine groups is 2. The second-order valence-electron chi connectivity index (χ2n) is 18.4. The van der Waals surface area contributed by atoms with E-state index in [1.165, 1.54) is 5.06 Å². The molecule has 0 spiro atoms. The zero-order chi connectivity index (χ0) is 45.5. The number of amides is 5. The Bertz CT molecular complexity index is 1860. The van der Waals surface area contributed by atoms with E-state index in [0.29, 0.717) is 19.4 Å². The molecule has 2 aromatic rings. The standard InChI is InChI=1S/C48H72N6O8/c1-12-31(6)42(52(9)41(30(4)5)46(58)50-45(57)40(49-8)29(2)3)38(60-10)25-39(55)53-24-18-23-37(53)43(61-11)32(7)44(56)51-48(26-36(48)33-19-14-13-15-20-33)47(59)54-27-34-21-16-17-22-35(34)28-62-54/h13-17,19-22,29-32,36-38,40-43,49H,12,18,23-28H2,1-11H3,(H,51,56)(H,50,57,58)/t31-,32+,36+,37-,38+,40-,41-,42-,43+,48-/m0/s1. The maximum Gasteiger partial charge on any atom is 0.272 e. The van der Waals surface area contributed by atoms with Gasteiger partial charge in [-0.15, -0.1) is 0 Å². The number of carbonyl (C=O) groups is 5. The molecule has 0 radical (unpaired) electrons. The largest absolute Gasteiger partial charge is 0.379 e. The van der Waals surface area contributed by atoms with Crippen molar-refractivity contribution in [2.45, 2.75) is 142 Å². The SMILES string of the molecule is CC[C@H](C)[C@@H]([C@@H](CC(=O)N1CCC[C@H]1[C@H](OC)[C@@H](C)C(=O)N[C@@]1(C(=O)N2Cc3ccccc3CO2)C[C@@H]1c1ccccc1)OC)N(C)[C@H](C(=O)NC(=O)[C@@H](NC)C(C)C)C(C)C. The lowest BCUT2D eigenvalue weighted by Gasteiger charge is -2.43. The number of hydrogen-bond donors (Lipinski definition) is 3. The molecule has 5 amide bonds. The first-order valence-electron chi connectivity index (χ1n) is 22.5. The fraction of sp³-hybridized carbons (Fsp3) is 0.646. The second-order valence-corrected chi connectivity index (χ2v) is 18.4. The van der Waals surface area contributed by atoms with Gasteiger partial charge in [0.1, 0.15) is 12.1 Å². The van der Waals surface area contributed by atoms with Crippen molar-refractivity contribution in [3.05, 3.63) is 71.3 Å². The van der Waals surface area contributed by atoms with Gasteiger partial charge < -0.3 is 25.0 Å². The molecular weight excluding hydrogens is 789 g/mol. The van der Waals surface area contributed by atoms with Crippen LogP contribution in [0.15, 0.2) is 54.6 Å². The van der Waals surface area contributed by atoms with Crippen LogP contribution in [-0.2, 0) is 51.4 Å². The van der Waals surface area contributed by atoms with Gasteiger partial charge in [0.15, 0.2) is 0 Å². The number of hydrogen-bond acceptors (Lipinski definition) is 10. The van der Waals surface area contributed by atoms with Crippen LogP contribution in [-0.4, -0.2) is 121 Å². The highest BCUT2D eigenvalue weighted by Crippen LogP contribution is 2.53. The number of benzene rings is 2. The molecule has 10 atom stereocenters. The molecule has 62 heavy (non-hydrogen) atoms. The molecule has 1 aliphatic carbocycles. The topological polar surface area (TPSA) is 159 Å². The third kappa shape index (κ3) is 10.6. The molecule has 0 unspecified atom stereocenters. The van der Waals surface area contributed by atoms with E-state index in [1.807, 2.05) is 99.1 Å². The maximum absolute atomic E-state index is 14.5. The van der Waals surface area contributed by atoms with Crippen LogP contribution in [0.1, 0.15) is 103 Å². The van der Waals surface area contributed by atoms with E-state index in [0.717, 1.165) is 29.5 Å². The third-order valence-corrected chi connectivity index (χ3v) is 13.7.